The fraction of sp³-hybridized carbons (Fsp3) is 0. The first-order chi connectivity index (χ1) is 4.47. The van der Waals surface area contributed by atoms with E-state index in [4.69, 9.17) is 0 Å². The highest BCUT2D eigenvalue weighted by atomic mass is 16.6. The standard InChI is InChI=1S/C6H2N2O/c1-2-4-6-5(3-1)7-9-8-6/h3-4H. The lowest BCUT2D eigenvalue weighted by Crippen LogP contribution is -1.65. The van der Waals surface area contributed by atoms with E-state index in [0.717, 1.165) is 0 Å². The highest BCUT2D eigenvalue weighted by Crippen LogP contribution is 2.04. The van der Waals surface area contributed by atoms with Gasteiger partial charge in [0.15, 0.2) is 0 Å². The van der Waals surface area contributed by atoms with Gasteiger partial charge in [-0.25, -0.2) is 4.63 Å². The third-order valence-electron chi connectivity index (χ3n) is 1.04. The monoisotopic (exact) mass is 118 g/mol. The average molecular weight is 118 g/mol. The van der Waals surface area contributed by atoms with Gasteiger partial charge in [0.05, 0.1) is 0 Å². The predicted octanol–water partition coefficient (Wildman–Crippen LogP) is 0.823. The van der Waals surface area contributed by atoms with E-state index in [1.165, 1.54) is 0 Å². The molecule has 3 nitrogen and oxygen atoms in total. The molecule has 0 fully saturated rings. The minimum Gasteiger partial charge on any atom is -0.243 e. The lowest BCUT2D eigenvalue weighted by molar-refractivity contribution is 0.315. The highest BCUT2D eigenvalue weighted by Gasteiger charge is 1.94. The van der Waals surface area contributed by atoms with Crippen LogP contribution in [0.1, 0.15) is 0 Å². The maximum atomic E-state index is 4.42. The summed E-state index contributed by atoms with van der Waals surface area (Å²) < 4.78 is 4.42. The Morgan fingerprint density at radius 3 is 2.22 bits per heavy atom. The summed E-state index contributed by atoms with van der Waals surface area (Å²) in [4.78, 5) is 0. The van der Waals surface area contributed by atoms with Crippen LogP contribution in [0.25, 0.3) is 11.0 Å². The Kier molecular flexibility index (Phi) is 0.773. The number of benzene rings is 1. The van der Waals surface area contributed by atoms with E-state index >= 15 is 0 Å². The van der Waals surface area contributed by atoms with Gasteiger partial charge in [0, 0.05) is 0 Å². The van der Waals surface area contributed by atoms with Crippen LogP contribution in [0.5, 0.6) is 0 Å². The minimum atomic E-state index is 0.716. The van der Waals surface area contributed by atoms with Crippen LogP contribution in [-0.4, -0.2) is 10.3 Å². The van der Waals surface area contributed by atoms with Crippen LogP contribution in [0.3, 0.4) is 0 Å². The van der Waals surface area contributed by atoms with E-state index < -0.39 is 0 Å². The van der Waals surface area contributed by atoms with Crippen LogP contribution >= 0.6 is 0 Å². The summed E-state index contributed by atoms with van der Waals surface area (Å²) in [7, 11) is 0. The molecule has 0 N–H and O–H groups in total. The second-order valence-corrected chi connectivity index (χ2v) is 1.61. The zero-order valence-electron chi connectivity index (χ0n) is 4.46. The van der Waals surface area contributed by atoms with Crippen molar-refractivity contribution in [1.29, 1.82) is 0 Å². The van der Waals surface area contributed by atoms with Gasteiger partial charge in [0.25, 0.3) is 0 Å². The first-order valence-electron chi connectivity index (χ1n) is 2.47. The van der Waals surface area contributed by atoms with Crippen molar-refractivity contribution in [3.05, 3.63) is 24.3 Å². The number of hydrogen-bond acceptors (Lipinski definition) is 3. The highest BCUT2D eigenvalue weighted by molar-refractivity contribution is 5.71. The van der Waals surface area contributed by atoms with Crippen molar-refractivity contribution >= 4 is 11.0 Å². The van der Waals surface area contributed by atoms with Crippen LogP contribution in [0.4, 0.5) is 0 Å². The van der Waals surface area contributed by atoms with Gasteiger partial charge in [0.1, 0.15) is 11.0 Å². The zero-order valence-corrected chi connectivity index (χ0v) is 4.46. The molecule has 0 saturated heterocycles. The van der Waals surface area contributed by atoms with E-state index in [-0.39, 0.29) is 0 Å². The summed E-state index contributed by atoms with van der Waals surface area (Å²) in [5, 5.41) is 7.16. The first kappa shape index (κ1) is 4.49. The molecule has 0 bridgehead atoms. The summed E-state index contributed by atoms with van der Waals surface area (Å²) in [5.41, 5.74) is 1.43. The molecule has 0 amide bonds. The quantitative estimate of drug-likeness (QED) is 0.514. The van der Waals surface area contributed by atoms with Crippen molar-refractivity contribution in [2.24, 2.45) is 0 Å². The molecule has 0 spiro atoms. The van der Waals surface area contributed by atoms with Gasteiger partial charge >= 0.3 is 0 Å². The van der Waals surface area contributed by atoms with Crippen molar-refractivity contribution in [3.63, 3.8) is 0 Å². The molecule has 2 rings (SSSR count). The van der Waals surface area contributed by atoms with E-state index in [1.807, 2.05) is 0 Å². The Morgan fingerprint density at radius 1 is 1.11 bits per heavy atom. The number of hydrogen-bond donors (Lipinski definition) is 0. The fourth-order valence-electron chi connectivity index (χ4n) is 0.623. The Balaban J connectivity index is 2.95. The first-order valence-corrected chi connectivity index (χ1v) is 2.47. The van der Waals surface area contributed by atoms with Crippen LogP contribution in [0, 0.1) is 12.1 Å². The third kappa shape index (κ3) is 0.579. The lowest BCUT2D eigenvalue weighted by Gasteiger charge is -1.74. The molecule has 9 heavy (non-hydrogen) atoms. The molecule has 0 atom stereocenters. The molecule has 1 heterocycles. The number of fused-ring (bicyclic) bond motifs is 1. The fourth-order valence-corrected chi connectivity index (χ4v) is 0.623. The van der Waals surface area contributed by atoms with Gasteiger partial charge in [0.2, 0.25) is 0 Å². The molecule has 0 aliphatic rings. The van der Waals surface area contributed by atoms with Crippen LogP contribution in [-0.2, 0) is 0 Å². The molecule has 0 aliphatic heterocycles. The van der Waals surface area contributed by atoms with E-state index in [9.17, 15) is 0 Å². The second kappa shape index (κ2) is 1.55. The molecule has 0 saturated carbocycles. The van der Waals surface area contributed by atoms with Crippen LogP contribution < -0.4 is 0 Å². The summed E-state index contributed by atoms with van der Waals surface area (Å²) in [5.74, 6) is 0. The second-order valence-electron chi connectivity index (χ2n) is 1.61. The summed E-state index contributed by atoms with van der Waals surface area (Å²) in [6.45, 7) is 0. The molecule has 3 heteroatoms. The molecule has 0 aliphatic carbocycles. The third-order valence-corrected chi connectivity index (χ3v) is 1.04. The molecular formula is C6H2N2O. The molecule has 2 aromatic rings. The summed E-state index contributed by atoms with van der Waals surface area (Å²) in [6, 6.07) is 8.81. The minimum absolute atomic E-state index is 0.716. The molecule has 1 aromatic carbocycles. The molecule has 42 valence electrons. The van der Waals surface area contributed by atoms with Gasteiger partial charge in [-0.05, 0) is 34.6 Å². The maximum absolute atomic E-state index is 4.42. The van der Waals surface area contributed by atoms with Crippen molar-refractivity contribution in [3.8, 4) is 0 Å². The number of nitrogens with zero attached hydrogens (tertiary/aromatic N) is 2. The molecule has 2 radical (unpaired) electrons. The molecule has 1 aromatic heterocycles. The van der Waals surface area contributed by atoms with E-state index in [1.54, 1.807) is 12.1 Å². The predicted molar refractivity (Wildman–Crippen MR) is 29.5 cm³/mol. The van der Waals surface area contributed by atoms with Crippen molar-refractivity contribution in [2.45, 2.75) is 0 Å². The van der Waals surface area contributed by atoms with Gasteiger partial charge in [-0.2, -0.15) is 0 Å². The van der Waals surface area contributed by atoms with Gasteiger partial charge in [-0.15, -0.1) is 0 Å². The largest absolute Gasteiger partial charge is 0.243 e. The Labute approximate surface area is 51.2 Å². The smallest absolute Gasteiger partial charge is 0.135 e. The topological polar surface area (TPSA) is 38.9 Å². The SMILES string of the molecule is [c]1[c]cc2nonc2c1. The lowest BCUT2D eigenvalue weighted by atomic mass is 10.3. The average Bonchev–Trinajstić information content (AvgIpc) is 2.33. The van der Waals surface area contributed by atoms with Crippen molar-refractivity contribution < 1.29 is 4.63 Å². The van der Waals surface area contributed by atoms with Gasteiger partial charge < -0.3 is 0 Å². The van der Waals surface area contributed by atoms with Crippen LogP contribution in [0.2, 0.25) is 0 Å². The zero-order chi connectivity index (χ0) is 6.10. The van der Waals surface area contributed by atoms with Gasteiger partial charge in [-0.3, -0.25) is 0 Å². The molecular weight excluding hydrogens is 116 g/mol. The van der Waals surface area contributed by atoms with Gasteiger partial charge in [-0.1, -0.05) is 0 Å². The van der Waals surface area contributed by atoms with Crippen molar-refractivity contribution in [2.75, 3.05) is 0 Å². The van der Waals surface area contributed by atoms with E-state index in [0.29, 0.717) is 11.0 Å². The Hall–Kier alpha value is -1.38. The number of rotatable bonds is 0. The normalized spacial score (nSPS) is 10.2. The van der Waals surface area contributed by atoms with Crippen LogP contribution in [0.15, 0.2) is 16.8 Å². The Bertz CT molecular complexity index is 285. The van der Waals surface area contributed by atoms with Crippen molar-refractivity contribution in [1.82, 2.24) is 10.3 Å². The number of aromatic nitrogens is 2. The summed E-state index contributed by atoms with van der Waals surface area (Å²) >= 11 is 0. The van der Waals surface area contributed by atoms with E-state index in [2.05, 4.69) is 27.1 Å². The summed E-state index contributed by atoms with van der Waals surface area (Å²) in [6.07, 6.45) is 0. The Morgan fingerprint density at radius 2 is 1.67 bits per heavy atom. The molecule has 0 unspecified atom stereocenters. The maximum Gasteiger partial charge on any atom is 0.135 e.